The molecule has 0 aromatic carbocycles. The monoisotopic (exact) mass is 409 g/mol. The number of nitrogens with zero attached hydrogens (tertiary/aromatic N) is 1. The van der Waals surface area contributed by atoms with Crippen LogP contribution < -0.4 is 10.7 Å². The summed E-state index contributed by atoms with van der Waals surface area (Å²) in [5, 5.41) is 65.9. The fourth-order valence-corrected chi connectivity index (χ4v) is 3.03. The Hall–Kier alpha value is -1.38. The van der Waals surface area contributed by atoms with Crippen molar-refractivity contribution < 1.29 is 44.9 Å². The molecule has 12 heteroatoms. The van der Waals surface area contributed by atoms with E-state index in [9.17, 15) is 30.3 Å². The van der Waals surface area contributed by atoms with Gasteiger partial charge in [-0.25, -0.2) is 4.79 Å². The summed E-state index contributed by atoms with van der Waals surface area (Å²) in [7, 11) is 2.70. The fourth-order valence-electron chi connectivity index (χ4n) is 3.03. The molecule has 8 N–H and O–H groups in total. The Kier molecular flexibility index (Phi) is 9.66. The van der Waals surface area contributed by atoms with Gasteiger partial charge >= 0.3 is 5.97 Å². The van der Waals surface area contributed by atoms with Crippen molar-refractivity contribution in [3.63, 3.8) is 0 Å². The van der Waals surface area contributed by atoms with Crippen molar-refractivity contribution in [2.45, 2.75) is 68.7 Å². The smallest absolute Gasteiger partial charge is 0.364 e. The molecule has 1 saturated heterocycles. The predicted molar refractivity (Wildman–Crippen MR) is 96.3 cm³/mol. The van der Waals surface area contributed by atoms with Crippen LogP contribution in [-0.4, -0.2) is 106 Å². The van der Waals surface area contributed by atoms with Crippen molar-refractivity contribution >= 4 is 11.7 Å². The normalized spacial score (nSPS) is 31.9. The Morgan fingerprint density at radius 2 is 2.04 bits per heavy atom. The van der Waals surface area contributed by atoms with Gasteiger partial charge in [0.05, 0.1) is 18.8 Å². The highest BCUT2D eigenvalue weighted by molar-refractivity contribution is 5.81. The molecule has 1 heterocycles. The zero-order valence-corrected chi connectivity index (χ0v) is 16.1. The number of nitrogens with one attached hydrogen (secondary N) is 2. The van der Waals surface area contributed by atoms with Gasteiger partial charge in [0.2, 0.25) is 0 Å². The van der Waals surface area contributed by atoms with Crippen LogP contribution in [0.3, 0.4) is 0 Å². The molecule has 1 aliphatic rings. The predicted octanol–water partition coefficient (Wildman–Crippen LogP) is -3.07. The maximum Gasteiger partial charge on any atom is 0.364 e. The van der Waals surface area contributed by atoms with E-state index in [1.54, 1.807) is 14.0 Å². The van der Waals surface area contributed by atoms with Crippen molar-refractivity contribution in [1.82, 2.24) is 10.7 Å². The number of aliphatic carboxylic acids is 1. The molecule has 7 atom stereocenters. The van der Waals surface area contributed by atoms with E-state index >= 15 is 0 Å². The first-order valence-corrected chi connectivity index (χ1v) is 8.87. The Bertz CT molecular complexity index is 535. The van der Waals surface area contributed by atoms with Gasteiger partial charge in [0.15, 0.2) is 0 Å². The van der Waals surface area contributed by atoms with E-state index in [2.05, 4.69) is 15.8 Å². The first-order valence-electron chi connectivity index (χ1n) is 8.87. The van der Waals surface area contributed by atoms with Gasteiger partial charge in [-0.3, -0.25) is 5.32 Å². The molecule has 1 aliphatic heterocycles. The van der Waals surface area contributed by atoms with Crippen LogP contribution in [0.25, 0.3) is 0 Å². The van der Waals surface area contributed by atoms with Gasteiger partial charge in [0, 0.05) is 26.3 Å². The van der Waals surface area contributed by atoms with Crippen LogP contribution in [0.4, 0.5) is 0 Å². The van der Waals surface area contributed by atoms with Crippen LogP contribution >= 0.6 is 0 Å². The second kappa shape index (κ2) is 11.0. The number of carboxylic acid groups (broad SMARTS) is 1. The Labute approximate surface area is 162 Å². The Balaban J connectivity index is 2.99. The van der Waals surface area contributed by atoms with Crippen molar-refractivity contribution in [3.05, 3.63) is 0 Å². The number of carboxylic acids is 1. The summed E-state index contributed by atoms with van der Waals surface area (Å²) in [5.74, 6) is -3.78. The number of aliphatic hydroxyl groups is 5. The zero-order valence-electron chi connectivity index (χ0n) is 16.1. The molecule has 2 unspecified atom stereocenters. The molecule has 0 radical (unpaired) electrons. The molecule has 0 bridgehead atoms. The van der Waals surface area contributed by atoms with Crippen molar-refractivity contribution in [2.24, 2.45) is 5.10 Å². The topological polar surface area (TPSA) is 193 Å². The lowest BCUT2D eigenvalue weighted by atomic mass is 9.88. The number of hydrogen-bond acceptors (Lipinski definition) is 11. The highest BCUT2D eigenvalue weighted by Gasteiger charge is 2.55. The lowest BCUT2D eigenvalue weighted by Gasteiger charge is -2.46. The second-order valence-corrected chi connectivity index (χ2v) is 6.67. The van der Waals surface area contributed by atoms with E-state index in [-0.39, 0.29) is 6.42 Å². The molecule has 12 nitrogen and oxygen atoms in total. The van der Waals surface area contributed by atoms with Gasteiger partial charge in [0.25, 0.3) is 5.79 Å². The van der Waals surface area contributed by atoms with E-state index in [1.165, 1.54) is 0 Å². The molecule has 164 valence electrons. The number of ether oxygens (including phenoxy) is 2. The molecule has 1 rings (SSSR count). The largest absolute Gasteiger partial charge is 0.477 e. The average Bonchev–Trinajstić information content (AvgIpc) is 2.66. The summed E-state index contributed by atoms with van der Waals surface area (Å²) in [4.78, 5) is 11.6. The van der Waals surface area contributed by atoms with Crippen LogP contribution in [0.2, 0.25) is 0 Å². The van der Waals surface area contributed by atoms with Crippen molar-refractivity contribution in [2.75, 3.05) is 20.8 Å². The first-order chi connectivity index (χ1) is 13.1. The van der Waals surface area contributed by atoms with E-state index < -0.39 is 61.5 Å². The third-order valence-electron chi connectivity index (χ3n) is 4.61. The average molecular weight is 409 g/mol. The lowest BCUT2D eigenvalue weighted by Crippen LogP contribution is -2.68. The minimum absolute atomic E-state index is 0.208. The first kappa shape index (κ1) is 24.7. The highest BCUT2D eigenvalue weighted by Crippen LogP contribution is 2.33. The minimum atomic E-state index is -2.25. The van der Waals surface area contributed by atoms with Crippen molar-refractivity contribution in [1.29, 1.82) is 0 Å². The fraction of sp³-hybridized carbons (Fsp3) is 0.875. The molecule has 0 aliphatic carbocycles. The van der Waals surface area contributed by atoms with Gasteiger partial charge in [-0.05, 0) is 19.8 Å². The van der Waals surface area contributed by atoms with Crippen molar-refractivity contribution in [3.8, 4) is 0 Å². The maximum atomic E-state index is 11.6. The summed E-state index contributed by atoms with van der Waals surface area (Å²) in [6.07, 6.45) is -7.33. The molecule has 0 spiro atoms. The van der Waals surface area contributed by atoms with Crippen LogP contribution in [0.5, 0.6) is 0 Å². The zero-order chi connectivity index (χ0) is 21.5. The van der Waals surface area contributed by atoms with E-state index in [0.29, 0.717) is 6.42 Å². The standard InChI is InChI=1S/C16H31N3O9/c1-8(19-17-2)4-5-11(23)18-12-9(21)6-16(27-3,15(25)26)28-14(12)13(24)10(22)7-20/h9-14,17-18,20-24H,4-7H2,1-3H3,(H,25,26)/b19-8+/t9?,10-,11+,12-,13-,14+,16?/m1/s1. The van der Waals surface area contributed by atoms with E-state index in [1.807, 2.05) is 0 Å². The summed E-state index contributed by atoms with van der Waals surface area (Å²) in [5.41, 5.74) is 3.34. The van der Waals surface area contributed by atoms with Gasteiger partial charge in [-0.15, -0.1) is 0 Å². The van der Waals surface area contributed by atoms with Gasteiger partial charge in [-0.1, -0.05) is 0 Å². The molecule has 0 aromatic heterocycles. The van der Waals surface area contributed by atoms with Crippen LogP contribution in [0.15, 0.2) is 5.10 Å². The number of carbonyl (C=O) groups is 1. The molecule has 28 heavy (non-hydrogen) atoms. The van der Waals surface area contributed by atoms with Gasteiger partial charge in [-0.2, -0.15) is 5.10 Å². The van der Waals surface area contributed by atoms with E-state index in [4.69, 9.17) is 14.6 Å². The number of rotatable bonds is 11. The molecule has 0 saturated carbocycles. The number of hydrogen-bond donors (Lipinski definition) is 8. The molecule has 0 amide bonds. The second-order valence-electron chi connectivity index (χ2n) is 6.67. The number of hydrazone groups is 1. The van der Waals surface area contributed by atoms with Crippen LogP contribution in [0, 0.1) is 0 Å². The highest BCUT2D eigenvalue weighted by atomic mass is 16.7. The minimum Gasteiger partial charge on any atom is -0.477 e. The SMILES string of the molecule is CN/N=C(\C)CC[C@H](O)N[C@@H]1C(O)CC(OC)(C(=O)O)O[C@@H]1[C@H](O)[C@H](O)CO. The molecular formula is C16H31N3O9. The van der Waals surface area contributed by atoms with Crippen LogP contribution in [0.1, 0.15) is 26.2 Å². The van der Waals surface area contributed by atoms with E-state index in [0.717, 1.165) is 12.8 Å². The Morgan fingerprint density at radius 3 is 2.54 bits per heavy atom. The molecule has 1 fully saturated rings. The third kappa shape index (κ3) is 6.06. The number of aliphatic hydroxyl groups excluding tert-OH is 5. The summed E-state index contributed by atoms with van der Waals surface area (Å²) >= 11 is 0. The summed E-state index contributed by atoms with van der Waals surface area (Å²) < 4.78 is 10.3. The summed E-state index contributed by atoms with van der Waals surface area (Å²) in [6.45, 7) is 0.935. The summed E-state index contributed by atoms with van der Waals surface area (Å²) in [6, 6.07) is -1.14. The Morgan fingerprint density at radius 1 is 1.39 bits per heavy atom. The molecule has 0 aromatic rings. The quantitative estimate of drug-likeness (QED) is 0.0980. The lowest BCUT2D eigenvalue weighted by molar-refractivity contribution is -0.306. The maximum absolute atomic E-state index is 11.6. The van der Waals surface area contributed by atoms with Gasteiger partial charge in [0.1, 0.15) is 24.5 Å². The van der Waals surface area contributed by atoms with Gasteiger partial charge < -0.3 is 45.5 Å². The molecular weight excluding hydrogens is 378 g/mol. The van der Waals surface area contributed by atoms with Crippen LogP contribution in [-0.2, 0) is 14.3 Å². The third-order valence-corrected chi connectivity index (χ3v) is 4.61. The number of methoxy groups -OCH3 is 1.